The fourth-order valence-electron chi connectivity index (χ4n) is 0.522. The van der Waals surface area contributed by atoms with Crippen LogP contribution in [0.2, 0.25) is 0 Å². The first-order valence-electron chi connectivity index (χ1n) is 3.06. The van der Waals surface area contributed by atoms with E-state index in [-0.39, 0.29) is 0 Å². The van der Waals surface area contributed by atoms with E-state index in [0.717, 1.165) is 0 Å². The summed E-state index contributed by atoms with van der Waals surface area (Å²) >= 11 is 2.29. The van der Waals surface area contributed by atoms with Gasteiger partial charge in [-0.2, -0.15) is 0 Å². The molecular weight excluding hydrogens is 243 g/mol. The molecule has 0 nitrogen and oxygen atoms in total. The molecule has 0 amide bonds. The number of halogens is 1. The molecule has 0 N–H and O–H groups in total. The third-order valence-electron chi connectivity index (χ3n) is 0.902. The third kappa shape index (κ3) is 2.67. The molecule has 0 unspecified atom stereocenters. The van der Waals surface area contributed by atoms with Gasteiger partial charge in [-0.15, -0.1) is 0 Å². The van der Waals surface area contributed by atoms with Crippen LogP contribution in [0, 0.1) is 2.88 Å². The van der Waals surface area contributed by atoms with Gasteiger partial charge < -0.3 is 0 Å². The van der Waals surface area contributed by atoms with Gasteiger partial charge in [0.25, 0.3) is 0 Å². The van der Waals surface area contributed by atoms with Gasteiger partial charge in [0, 0.05) is 0 Å². The van der Waals surface area contributed by atoms with Crippen molar-refractivity contribution in [2.24, 2.45) is 0 Å². The van der Waals surface area contributed by atoms with Gasteiger partial charge in [-0.1, -0.05) is 0 Å². The zero-order chi connectivity index (χ0) is 6.53. The van der Waals surface area contributed by atoms with Crippen LogP contribution >= 0.6 is 11.3 Å². The quantitative estimate of drug-likeness (QED) is 0.499. The van der Waals surface area contributed by atoms with Gasteiger partial charge in [0.15, 0.2) is 0 Å². The summed E-state index contributed by atoms with van der Waals surface area (Å²) in [6.45, 7) is 2.26. The molecule has 1 aromatic heterocycles. The second-order valence-corrected chi connectivity index (χ2v) is 6.42. The van der Waals surface area contributed by atoms with E-state index in [1.807, 2.05) is 11.3 Å². The van der Waals surface area contributed by atoms with Crippen molar-refractivity contribution in [3.05, 3.63) is 20.4 Å². The van der Waals surface area contributed by atoms with Crippen LogP contribution < -0.4 is 21.2 Å². The molecule has 0 spiro atoms. The molecule has 2 heteroatoms. The van der Waals surface area contributed by atoms with Gasteiger partial charge in [0.1, 0.15) is 0 Å². The summed E-state index contributed by atoms with van der Waals surface area (Å²) in [5.41, 5.74) is 0. The van der Waals surface area contributed by atoms with E-state index in [1.54, 1.807) is 2.88 Å². The molecule has 0 aliphatic carbocycles. The van der Waals surface area contributed by atoms with E-state index in [0.29, 0.717) is 21.2 Å². The van der Waals surface area contributed by atoms with E-state index in [2.05, 4.69) is 24.4 Å². The second kappa shape index (κ2) is 4.28. The molecule has 0 aliphatic heterocycles. The minimum atomic E-state index is 0.383. The Kier molecular flexibility index (Phi) is 3.58. The standard InChI is InChI=1S/C7H10IS/c1-2-5-8-7-4-3-6-9-7/h3-4,6H,2,5H2,1H3/q-1. The van der Waals surface area contributed by atoms with Gasteiger partial charge in [-0.05, 0) is 0 Å². The molecular formula is C7H10IS-. The first-order chi connectivity index (χ1) is 4.43. The molecule has 0 atom stereocenters. The topological polar surface area (TPSA) is 0 Å². The van der Waals surface area contributed by atoms with Crippen LogP contribution in [-0.4, -0.2) is 4.43 Å². The summed E-state index contributed by atoms with van der Waals surface area (Å²) < 4.78 is 3.08. The van der Waals surface area contributed by atoms with Crippen molar-refractivity contribution in [2.45, 2.75) is 13.3 Å². The Balaban J connectivity index is 2.30. The second-order valence-electron chi connectivity index (χ2n) is 1.74. The summed E-state index contributed by atoms with van der Waals surface area (Å²) in [6.07, 6.45) is 1.35. The SMILES string of the molecule is CCC[I-]c1cccs1. The van der Waals surface area contributed by atoms with Gasteiger partial charge >= 0.3 is 70.7 Å². The maximum atomic E-state index is 2.26. The first-order valence-corrected chi connectivity index (χ1v) is 6.54. The molecule has 0 radical (unpaired) electrons. The first kappa shape index (κ1) is 7.54. The molecule has 9 heavy (non-hydrogen) atoms. The average molecular weight is 253 g/mol. The zero-order valence-corrected chi connectivity index (χ0v) is 8.41. The van der Waals surface area contributed by atoms with E-state index >= 15 is 0 Å². The van der Waals surface area contributed by atoms with Crippen LogP contribution in [0.15, 0.2) is 17.5 Å². The number of thiophene rings is 1. The van der Waals surface area contributed by atoms with Gasteiger partial charge in [0.05, 0.1) is 0 Å². The fraction of sp³-hybridized carbons (Fsp3) is 0.429. The predicted octanol–water partition coefficient (Wildman–Crippen LogP) is -0.583. The summed E-state index contributed by atoms with van der Waals surface area (Å²) in [4.78, 5) is 0. The number of alkyl halides is 1. The Morgan fingerprint density at radius 3 is 3.11 bits per heavy atom. The van der Waals surface area contributed by atoms with Crippen LogP contribution in [0.1, 0.15) is 13.3 Å². The maximum absolute atomic E-state index is 2.26. The van der Waals surface area contributed by atoms with E-state index < -0.39 is 0 Å². The van der Waals surface area contributed by atoms with Crippen LogP contribution in [0.4, 0.5) is 0 Å². The Morgan fingerprint density at radius 1 is 1.67 bits per heavy atom. The zero-order valence-electron chi connectivity index (χ0n) is 5.43. The van der Waals surface area contributed by atoms with Crippen molar-refractivity contribution >= 4 is 11.3 Å². The van der Waals surface area contributed by atoms with E-state index in [9.17, 15) is 0 Å². The van der Waals surface area contributed by atoms with E-state index in [1.165, 1.54) is 10.8 Å². The average Bonchev–Trinajstić information content (AvgIpc) is 2.34. The molecule has 1 heterocycles. The van der Waals surface area contributed by atoms with Crippen LogP contribution in [0.25, 0.3) is 0 Å². The van der Waals surface area contributed by atoms with E-state index in [4.69, 9.17) is 0 Å². The van der Waals surface area contributed by atoms with Gasteiger partial charge in [-0.3, -0.25) is 0 Å². The monoisotopic (exact) mass is 253 g/mol. The fourth-order valence-corrected chi connectivity index (χ4v) is 4.06. The molecule has 52 valence electrons. The van der Waals surface area contributed by atoms with Crippen molar-refractivity contribution in [1.29, 1.82) is 0 Å². The van der Waals surface area contributed by atoms with Crippen LogP contribution in [0.3, 0.4) is 0 Å². The Labute approximate surface area is 70.6 Å². The Morgan fingerprint density at radius 2 is 2.56 bits per heavy atom. The number of rotatable bonds is 3. The molecule has 0 aromatic carbocycles. The van der Waals surface area contributed by atoms with Gasteiger partial charge in [-0.25, -0.2) is 0 Å². The molecule has 1 aromatic rings. The molecule has 0 fully saturated rings. The molecule has 0 saturated carbocycles. The summed E-state index contributed by atoms with van der Waals surface area (Å²) in [7, 11) is 0. The molecule has 1 rings (SSSR count). The summed E-state index contributed by atoms with van der Waals surface area (Å²) in [5.74, 6) is 0. The van der Waals surface area contributed by atoms with Crippen molar-refractivity contribution in [3.8, 4) is 0 Å². The van der Waals surface area contributed by atoms with Gasteiger partial charge in [0.2, 0.25) is 0 Å². The normalized spacial score (nSPS) is 10.3. The van der Waals surface area contributed by atoms with Crippen molar-refractivity contribution < 1.29 is 21.2 Å². The third-order valence-corrected chi connectivity index (χ3v) is 5.78. The number of hydrogen-bond acceptors (Lipinski definition) is 1. The van der Waals surface area contributed by atoms with Crippen LogP contribution in [0.5, 0.6) is 0 Å². The van der Waals surface area contributed by atoms with Crippen molar-refractivity contribution in [1.82, 2.24) is 0 Å². The number of hydrogen-bond donors (Lipinski definition) is 0. The van der Waals surface area contributed by atoms with Crippen molar-refractivity contribution in [3.63, 3.8) is 0 Å². The van der Waals surface area contributed by atoms with Crippen molar-refractivity contribution in [2.75, 3.05) is 4.43 Å². The molecule has 0 bridgehead atoms. The minimum absolute atomic E-state index is 0.383. The predicted molar refractivity (Wildman–Crippen MR) is 38.2 cm³/mol. The Bertz CT molecular complexity index is 146. The summed E-state index contributed by atoms with van der Waals surface area (Å²) in [5, 5.41) is 2.17. The Hall–Kier alpha value is 0.430. The molecule has 0 saturated heterocycles. The van der Waals surface area contributed by atoms with Crippen LogP contribution in [-0.2, 0) is 0 Å². The molecule has 0 aliphatic rings. The summed E-state index contributed by atoms with van der Waals surface area (Å²) in [6, 6.07) is 4.41.